The van der Waals surface area contributed by atoms with Crippen LogP contribution in [-0.2, 0) is 4.84 Å². The number of hydrogen-bond donors (Lipinski definition) is 2. The molecule has 0 saturated carbocycles. The molecule has 1 fully saturated rings. The molecule has 12 heteroatoms. The van der Waals surface area contributed by atoms with Crippen molar-refractivity contribution < 1.29 is 14.2 Å². The van der Waals surface area contributed by atoms with Crippen molar-refractivity contribution in [1.82, 2.24) is 25.2 Å². The maximum atomic E-state index is 12.1. The highest BCUT2D eigenvalue weighted by atomic mass is 32.1. The van der Waals surface area contributed by atoms with Crippen molar-refractivity contribution in [2.45, 2.75) is 13.8 Å². The fourth-order valence-electron chi connectivity index (χ4n) is 2.88. The first-order chi connectivity index (χ1) is 13.0. The standard InChI is InChI=1S/C15H18N8O3S/c1-8-10(9(2)25-21-8)18-15(24)26-23-5-3-22(4-6-23)12-11-13(27-7-17-11)20-14(16)19-12/h7H,3-6H2,1-2H3,(H,18,24)(H2,16,19,20). The minimum Gasteiger partial charge on any atom is -0.368 e. The van der Waals surface area contributed by atoms with Gasteiger partial charge in [0, 0.05) is 13.1 Å². The van der Waals surface area contributed by atoms with Crippen LogP contribution >= 0.6 is 11.3 Å². The van der Waals surface area contributed by atoms with E-state index in [-0.39, 0.29) is 5.95 Å². The van der Waals surface area contributed by atoms with Gasteiger partial charge in [0.05, 0.1) is 18.6 Å². The second-order valence-electron chi connectivity index (χ2n) is 6.03. The molecular weight excluding hydrogens is 372 g/mol. The van der Waals surface area contributed by atoms with Crippen LogP contribution in [0.1, 0.15) is 11.5 Å². The van der Waals surface area contributed by atoms with Crippen LogP contribution in [0.3, 0.4) is 0 Å². The zero-order valence-electron chi connectivity index (χ0n) is 14.8. The first-order valence-corrected chi connectivity index (χ1v) is 9.17. The summed E-state index contributed by atoms with van der Waals surface area (Å²) in [6, 6.07) is 0. The van der Waals surface area contributed by atoms with Crippen molar-refractivity contribution in [3.05, 3.63) is 17.0 Å². The first-order valence-electron chi connectivity index (χ1n) is 8.29. The summed E-state index contributed by atoms with van der Waals surface area (Å²) in [5.74, 6) is 1.46. The highest BCUT2D eigenvalue weighted by molar-refractivity contribution is 7.16. The number of nitrogens with two attached hydrogens (primary N) is 1. The average Bonchev–Trinajstić information content (AvgIpc) is 3.23. The van der Waals surface area contributed by atoms with Gasteiger partial charge in [0.15, 0.2) is 16.4 Å². The Kier molecular flexibility index (Phi) is 4.49. The summed E-state index contributed by atoms with van der Waals surface area (Å²) in [5, 5.41) is 8.06. The Morgan fingerprint density at radius 3 is 2.78 bits per heavy atom. The number of nitrogens with zero attached hydrogens (tertiary/aromatic N) is 6. The van der Waals surface area contributed by atoms with E-state index >= 15 is 0 Å². The van der Waals surface area contributed by atoms with Crippen LogP contribution < -0.4 is 16.0 Å². The Morgan fingerprint density at radius 2 is 2.07 bits per heavy atom. The number of piperazine rings is 1. The third-order valence-electron chi connectivity index (χ3n) is 4.21. The number of anilines is 3. The van der Waals surface area contributed by atoms with E-state index in [2.05, 4.69) is 30.3 Å². The number of nitrogen functional groups attached to an aromatic ring is 1. The van der Waals surface area contributed by atoms with Gasteiger partial charge in [-0.3, -0.25) is 5.32 Å². The fraction of sp³-hybridized carbons (Fsp3) is 0.400. The van der Waals surface area contributed by atoms with Gasteiger partial charge in [0.1, 0.15) is 16.9 Å². The molecule has 0 aromatic carbocycles. The molecule has 0 atom stereocenters. The molecular formula is C15H18N8O3S. The molecule has 4 heterocycles. The van der Waals surface area contributed by atoms with Crippen LogP contribution in [-0.4, -0.2) is 57.4 Å². The number of aryl methyl sites for hydroxylation is 2. The van der Waals surface area contributed by atoms with Gasteiger partial charge in [0.25, 0.3) is 0 Å². The van der Waals surface area contributed by atoms with Crippen molar-refractivity contribution in [2.24, 2.45) is 0 Å². The Morgan fingerprint density at radius 1 is 1.30 bits per heavy atom. The average molecular weight is 390 g/mol. The number of carbonyl (C=O) groups excluding carboxylic acids is 1. The third-order valence-corrected chi connectivity index (χ3v) is 4.93. The molecule has 1 saturated heterocycles. The predicted molar refractivity (Wildman–Crippen MR) is 99.5 cm³/mol. The number of aromatic nitrogens is 4. The van der Waals surface area contributed by atoms with Gasteiger partial charge in [-0.15, -0.1) is 16.4 Å². The van der Waals surface area contributed by atoms with E-state index in [4.69, 9.17) is 15.1 Å². The van der Waals surface area contributed by atoms with E-state index in [1.807, 2.05) is 0 Å². The Bertz CT molecular complexity index is 959. The summed E-state index contributed by atoms with van der Waals surface area (Å²) in [6.07, 6.45) is -0.578. The van der Waals surface area contributed by atoms with Gasteiger partial charge in [0.2, 0.25) is 5.95 Å². The largest absolute Gasteiger partial charge is 0.430 e. The number of rotatable bonds is 3. The molecule has 3 aromatic rings. The molecule has 11 nitrogen and oxygen atoms in total. The molecule has 1 amide bonds. The van der Waals surface area contributed by atoms with Crippen LogP contribution in [0.25, 0.3) is 10.3 Å². The monoisotopic (exact) mass is 390 g/mol. The van der Waals surface area contributed by atoms with Crippen LogP contribution in [0.2, 0.25) is 0 Å². The van der Waals surface area contributed by atoms with Crippen molar-refractivity contribution in [3.63, 3.8) is 0 Å². The molecule has 3 aromatic heterocycles. The number of nitrogens with one attached hydrogen (secondary N) is 1. The number of hydroxylamine groups is 2. The van der Waals surface area contributed by atoms with Crippen molar-refractivity contribution in [3.8, 4) is 0 Å². The van der Waals surface area contributed by atoms with Crippen LogP contribution in [0.4, 0.5) is 22.2 Å². The number of thiazole rings is 1. The minimum absolute atomic E-state index is 0.222. The summed E-state index contributed by atoms with van der Waals surface area (Å²) in [5.41, 5.74) is 9.39. The number of hydrogen-bond acceptors (Lipinski definition) is 11. The van der Waals surface area contributed by atoms with E-state index in [9.17, 15) is 4.79 Å². The Balaban J connectivity index is 1.37. The number of fused-ring (bicyclic) bond motifs is 1. The third kappa shape index (κ3) is 3.48. The zero-order valence-corrected chi connectivity index (χ0v) is 15.6. The van der Waals surface area contributed by atoms with Crippen molar-refractivity contribution >= 4 is 45.2 Å². The highest BCUT2D eigenvalue weighted by Crippen LogP contribution is 2.27. The summed E-state index contributed by atoms with van der Waals surface area (Å²) in [6.45, 7) is 5.73. The zero-order chi connectivity index (χ0) is 19.0. The maximum Gasteiger partial charge on any atom is 0.430 e. The fourth-order valence-corrected chi connectivity index (χ4v) is 3.54. The molecule has 0 bridgehead atoms. The lowest BCUT2D eigenvalue weighted by Crippen LogP contribution is -2.47. The first kappa shape index (κ1) is 17.4. The SMILES string of the molecule is Cc1noc(C)c1NC(=O)ON1CCN(c2nc(N)nc3scnc23)CC1. The van der Waals surface area contributed by atoms with E-state index in [0.717, 1.165) is 10.3 Å². The molecule has 4 rings (SSSR count). The second kappa shape index (κ2) is 6.96. The lowest BCUT2D eigenvalue weighted by molar-refractivity contribution is -0.0966. The molecule has 0 radical (unpaired) electrons. The summed E-state index contributed by atoms with van der Waals surface area (Å²) < 4.78 is 5.02. The van der Waals surface area contributed by atoms with E-state index < -0.39 is 6.09 Å². The van der Waals surface area contributed by atoms with E-state index in [0.29, 0.717) is 49.1 Å². The minimum atomic E-state index is -0.578. The van der Waals surface area contributed by atoms with Crippen LogP contribution in [0.15, 0.2) is 10.0 Å². The predicted octanol–water partition coefficient (Wildman–Crippen LogP) is 1.56. The van der Waals surface area contributed by atoms with Crippen molar-refractivity contribution in [2.75, 3.05) is 42.1 Å². The van der Waals surface area contributed by atoms with Crippen LogP contribution in [0.5, 0.6) is 0 Å². The highest BCUT2D eigenvalue weighted by Gasteiger charge is 2.24. The summed E-state index contributed by atoms with van der Waals surface area (Å²) in [7, 11) is 0. The molecule has 0 spiro atoms. The second-order valence-corrected chi connectivity index (χ2v) is 6.86. The van der Waals surface area contributed by atoms with Gasteiger partial charge in [-0.25, -0.2) is 14.8 Å². The molecule has 0 aliphatic carbocycles. The van der Waals surface area contributed by atoms with Gasteiger partial charge in [-0.05, 0) is 13.8 Å². The molecule has 142 valence electrons. The normalized spacial score (nSPS) is 15.3. The Labute approximate surface area is 158 Å². The summed E-state index contributed by atoms with van der Waals surface area (Å²) >= 11 is 1.42. The maximum absolute atomic E-state index is 12.1. The van der Waals surface area contributed by atoms with Crippen molar-refractivity contribution in [1.29, 1.82) is 0 Å². The topological polar surface area (TPSA) is 136 Å². The molecule has 0 unspecified atom stereocenters. The lowest BCUT2D eigenvalue weighted by Gasteiger charge is -2.33. The molecule has 27 heavy (non-hydrogen) atoms. The van der Waals surface area contributed by atoms with E-state index in [1.165, 1.54) is 11.3 Å². The smallest absolute Gasteiger partial charge is 0.368 e. The van der Waals surface area contributed by atoms with Crippen LogP contribution in [0, 0.1) is 13.8 Å². The van der Waals surface area contributed by atoms with Gasteiger partial charge in [-0.1, -0.05) is 5.16 Å². The molecule has 1 aliphatic heterocycles. The quantitative estimate of drug-likeness (QED) is 0.678. The van der Waals surface area contributed by atoms with E-state index in [1.54, 1.807) is 24.4 Å². The van der Waals surface area contributed by atoms with Gasteiger partial charge in [-0.2, -0.15) is 4.98 Å². The summed E-state index contributed by atoms with van der Waals surface area (Å²) in [4.78, 5) is 33.2. The van der Waals surface area contributed by atoms with Gasteiger partial charge < -0.3 is 20.0 Å². The molecule has 3 N–H and O–H groups in total. The van der Waals surface area contributed by atoms with Gasteiger partial charge >= 0.3 is 6.09 Å². The number of amides is 1. The Hall–Kier alpha value is -2.99. The lowest BCUT2D eigenvalue weighted by atomic mass is 10.3. The number of carbonyl (C=O) groups is 1. The molecule has 1 aliphatic rings.